The number of hydrogen-bond donors (Lipinski definition) is 0. The summed E-state index contributed by atoms with van der Waals surface area (Å²) in [5.74, 6) is -0.939. The van der Waals surface area contributed by atoms with E-state index < -0.39 is 12.0 Å². The first-order valence-corrected chi connectivity index (χ1v) is 11.0. The molecule has 0 saturated carbocycles. The van der Waals surface area contributed by atoms with E-state index in [1.165, 1.54) is 89.9 Å². The summed E-state index contributed by atoms with van der Waals surface area (Å²) in [6, 6.07) is -0.424. The molecule has 0 bridgehead atoms. The van der Waals surface area contributed by atoms with Gasteiger partial charge in [-0.3, -0.25) is 0 Å². The van der Waals surface area contributed by atoms with Crippen LogP contribution < -0.4 is 34.7 Å². The van der Waals surface area contributed by atoms with Gasteiger partial charge in [0.15, 0.2) is 0 Å². The Labute approximate surface area is 186 Å². The second-order valence-corrected chi connectivity index (χ2v) is 7.89. The van der Waals surface area contributed by atoms with Gasteiger partial charge in [-0.25, -0.2) is 0 Å². The maximum atomic E-state index is 11.0. The molecule has 4 heteroatoms. The number of nitrogens with zero attached hydrogens (tertiary/aromatic N) is 1. The molecule has 26 heavy (non-hydrogen) atoms. The van der Waals surface area contributed by atoms with Gasteiger partial charge in [0.25, 0.3) is 0 Å². The van der Waals surface area contributed by atoms with Crippen LogP contribution in [0.4, 0.5) is 0 Å². The van der Waals surface area contributed by atoms with Crippen molar-refractivity contribution in [2.24, 2.45) is 0 Å². The van der Waals surface area contributed by atoms with Crippen LogP contribution in [0.1, 0.15) is 116 Å². The molecule has 150 valence electrons. The van der Waals surface area contributed by atoms with Gasteiger partial charge in [-0.05, 0) is 20.5 Å². The molecule has 0 aromatic heterocycles. The average molecular weight is 378 g/mol. The maximum absolute atomic E-state index is 11.0. The third-order valence-electron chi connectivity index (χ3n) is 5.23. The Morgan fingerprint density at radius 3 is 1.27 bits per heavy atom. The largest absolute Gasteiger partial charge is 1.00 e. The normalized spacial score (nSPS) is 12.2. The molecule has 0 amide bonds. The summed E-state index contributed by atoms with van der Waals surface area (Å²) >= 11 is 0. The molecule has 0 saturated heterocycles. The number of carbonyl (C=O) groups is 1. The predicted molar refractivity (Wildman–Crippen MR) is 107 cm³/mol. The SMILES string of the molecule is CCCCCCCCCCCCCCCCCC[C@@H](C(=O)[O-])N(C)C.[Na+]. The minimum atomic E-state index is -0.939. The van der Waals surface area contributed by atoms with Gasteiger partial charge in [0.1, 0.15) is 0 Å². The fraction of sp³-hybridized carbons (Fsp3) is 0.955. The molecule has 0 aromatic rings. The Hall–Kier alpha value is 0.430. The average Bonchev–Trinajstić information content (AvgIpc) is 2.57. The molecular weight excluding hydrogens is 333 g/mol. The molecule has 3 nitrogen and oxygen atoms in total. The Morgan fingerprint density at radius 2 is 1.00 bits per heavy atom. The summed E-state index contributed by atoms with van der Waals surface area (Å²) in [6.07, 6.45) is 22.3. The van der Waals surface area contributed by atoms with Crippen LogP contribution >= 0.6 is 0 Å². The van der Waals surface area contributed by atoms with Crippen molar-refractivity contribution in [3.63, 3.8) is 0 Å². The maximum Gasteiger partial charge on any atom is 1.00 e. The van der Waals surface area contributed by atoms with Crippen molar-refractivity contribution < 1.29 is 39.5 Å². The summed E-state index contributed by atoms with van der Waals surface area (Å²) in [5.41, 5.74) is 0. The molecule has 0 aliphatic rings. The first-order valence-electron chi connectivity index (χ1n) is 11.0. The quantitative estimate of drug-likeness (QED) is 0.256. The monoisotopic (exact) mass is 377 g/mol. The molecule has 0 rings (SSSR count). The van der Waals surface area contributed by atoms with E-state index in [-0.39, 0.29) is 29.6 Å². The minimum absolute atomic E-state index is 0. The molecule has 1 atom stereocenters. The van der Waals surface area contributed by atoms with Crippen molar-refractivity contribution in [2.45, 2.75) is 122 Å². The van der Waals surface area contributed by atoms with Crippen molar-refractivity contribution >= 4 is 5.97 Å². The standard InChI is InChI=1S/C22H45NO2.Na/c1-4-5-6-7-8-9-10-11-12-13-14-15-16-17-18-19-20-21(22(24)25)23(2)3;/h21H,4-20H2,1-3H3,(H,24,25);/q;+1/p-1/t21-;/m0./s1. The van der Waals surface area contributed by atoms with E-state index in [0.717, 1.165) is 12.8 Å². The van der Waals surface area contributed by atoms with Crippen LogP contribution in [0.25, 0.3) is 0 Å². The van der Waals surface area contributed by atoms with E-state index in [9.17, 15) is 9.90 Å². The summed E-state index contributed by atoms with van der Waals surface area (Å²) < 4.78 is 0. The number of rotatable bonds is 19. The number of carbonyl (C=O) groups excluding carboxylic acids is 1. The Balaban J connectivity index is 0. The zero-order valence-electron chi connectivity index (χ0n) is 18.4. The molecular formula is C22H44NNaO2. The number of hydrogen-bond acceptors (Lipinski definition) is 3. The molecule has 0 unspecified atom stereocenters. The van der Waals surface area contributed by atoms with E-state index in [1.54, 1.807) is 4.90 Å². The van der Waals surface area contributed by atoms with Crippen LogP contribution in [0.2, 0.25) is 0 Å². The second kappa shape index (κ2) is 21.7. The summed E-state index contributed by atoms with van der Waals surface area (Å²) in [4.78, 5) is 12.7. The zero-order chi connectivity index (χ0) is 18.8. The number of carboxylic acid groups (broad SMARTS) is 1. The molecule has 0 aliphatic carbocycles. The van der Waals surface area contributed by atoms with Crippen molar-refractivity contribution in [3.8, 4) is 0 Å². The van der Waals surface area contributed by atoms with Crippen molar-refractivity contribution in [3.05, 3.63) is 0 Å². The van der Waals surface area contributed by atoms with Gasteiger partial charge in [-0.15, -0.1) is 0 Å². The van der Waals surface area contributed by atoms with Gasteiger partial charge in [0, 0.05) is 6.04 Å². The smallest absolute Gasteiger partial charge is 0.548 e. The van der Waals surface area contributed by atoms with Crippen LogP contribution in [0.3, 0.4) is 0 Å². The van der Waals surface area contributed by atoms with Gasteiger partial charge in [0.2, 0.25) is 0 Å². The van der Waals surface area contributed by atoms with E-state index in [0.29, 0.717) is 6.42 Å². The van der Waals surface area contributed by atoms with Crippen LogP contribution in [0.15, 0.2) is 0 Å². The third kappa shape index (κ3) is 19.2. The van der Waals surface area contributed by atoms with E-state index in [2.05, 4.69) is 6.92 Å². The fourth-order valence-corrected chi connectivity index (χ4v) is 3.47. The van der Waals surface area contributed by atoms with Crippen LogP contribution in [0.5, 0.6) is 0 Å². The van der Waals surface area contributed by atoms with Crippen molar-refractivity contribution in [2.75, 3.05) is 14.1 Å². The molecule has 0 N–H and O–H groups in total. The third-order valence-corrected chi connectivity index (χ3v) is 5.23. The molecule has 0 aliphatic heterocycles. The summed E-state index contributed by atoms with van der Waals surface area (Å²) in [5, 5.41) is 11.0. The summed E-state index contributed by atoms with van der Waals surface area (Å²) in [6.45, 7) is 2.28. The Bertz CT molecular complexity index is 298. The molecule has 0 spiro atoms. The fourth-order valence-electron chi connectivity index (χ4n) is 3.47. The topological polar surface area (TPSA) is 43.4 Å². The minimum Gasteiger partial charge on any atom is -0.548 e. The van der Waals surface area contributed by atoms with Crippen LogP contribution in [0, 0.1) is 0 Å². The predicted octanol–water partition coefficient (Wildman–Crippen LogP) is 2.32. The molecule has 0 radical (unpaired) electrons. The van der Waals surface area contributed by atoms with Crippen LogP contribution in [-0.2, 0) is 4.79 Å². The number of likely N-dealkylation sites (N-methyl/N-ethyl adjacent to an activating group) is 1. The first-order chi connectivity index (χ1) is 12.1. The zero-order valence-corrected chi connectivity index (χ0v) is 20.4. The van der Waals surface area contributed by atoms with Crippen molar-refractivity contribution in [1.82, 2.24) is 4.90 Å². The van der Waals surface area contributed by atoms with Crippen LogP contribution in [-0.4, -0.2) is 31.0 Å². The molecule has 0 fully saturated rings. The molecule has 0 heterocycles. The molecule has 0 aromatic carbocycles. The Kier molecular flexibility index (Phi) is 23.9. The summed E-state index contributed by atoms with van der Waals surface area (Å²) in [7, 11) is 3.62. The second-order valence-electron chi connectivity index (χ2n) is 7.89. The number of carboxylic acids is 1. The van der Waals surface area contributed by atoms with Gasteiger partial charge in [0.05, 0.1) is 5.97 Å². The number of aliphatic carboxylic acids is 1. The van der Waals surface area contributed by atoms with E-state index in [4.69, 9.17) is 0 Å². The van der Waals surface area contributed by atoms with Gasteiger partial charge < -0.3 is 14.8 Å². The van der Waals surface area contributed by atoms with Gasteiger partial charge >= 0.3 is 29.6 Å². The number of unbranched alkanes of at least 4 members (excludes halogenated alkanes) is 15. The Morgan fingerprint density at radius 1 is 0.692 bits per heavy atom. The van der Waals surface area contributed by atoms with Gasteiger partial charge in [-0.1, -0.05) is 110 Å². The van der Waals surface area contributed by atoms with Crippen molar-refractivity contribution in [1.29, 1.82) is 0 Å². The van der Waals surface area contributed by atoms with E-state index >= 15 is 0 Å². The first kappa shape index (κ1) is 28.6. The van der Waals surface area contributed by atoms with Gasteiger partial charge in [-0.2, -0.15) is 0 Å². The van der Waals surface area contributed by atoms with E-state index in [1.807, 2.05) is 14.1 Å².